The maximum absolute atomic E-state index is 10.9. The molecule has 1 aromatic rings. The normalized spacial score (nSPS) is 9.42. The lowest BCUT2D eigenvalue weighted by Gasteiger charge is -2.02. The number of hydrogen-bond donors (Lipinski definition) is 3. The molecule has 0 aliphatic rings. The van der Waals surface area contributed by atoms with Crippen LogP contribution in [-0.2, 0) is 0 Å². The first-order valence-electron chi connectivity index (χ1n) is 3.52. The molecule has 0 bridgehead atoms. The van der Waals surface area contributed by atoms with Gasteiger partial charge in [0, 0.05) is 12.6 Å². The first-order chi connectivity index (χ1) is 5.83. The lowest BCUT2D eigenvalue weighted by atomic mass is 10.6. The van der Waals surface area contributed by atoms with Gasteiger partial charge in [0.25, 0.3) is 0 Å². The Bertz CT molecular complexity index is 233. The number of carbonyl (C=O) groups is 1. The van der Waals surface area contributed by atoms with E-state index in [1.54, 1.807) is 12.1 Å². The Morgan fingerprint density at radius 2 is 2.50 bits per heavy atom. The zero-order chi connectivity index (χ0) is 8.81. The van der Waals surface area contributed by atoms with Crippen molar-refractivity contribution in [3.63, 3.8) is 0 Å². The Balaban J connectivity index is 2.27. The molecule has 5 heteroatoms. The molecule has 0 aliphatic heterocycles. The van der Waals surface area contributed by atoms with E-state index >= 15 is 0 Å². The van der Waals surface area contributed by atoms with Crippen LogP contribution in [0.1, 0.15) is 0 Å². The monoisotopic (exact) mass is 170 g/mol. The highest BCUT2D eigenvalue weighted by Gasteiger charge is 2.00. The highest BCUT2D eigenvalue weighted by Crippen LogP contribution is 2.05. The van der Waals surface area contributed by atoms with Crippen LogP contribution in [0.5, 0.6) is 0 Å². The molecule has 1 rings (SSSR count). The number of rotatable bonds is 3. The minimum atomic E-state index is -0.390. The van der Waals surface area contributed by atoms with Gasteiger partial charge in [-0.05, 0) is 6.07 Å². The number of urea groups is 1. The molecule has 1 aromatic heterocycles. The fourth-order valence-corrected chi connectivity index (χ4v) is 0.675. The lowest BCUT2D eigenvalue weighted by molar-refractivity contribution is 0.244. The van der Waals surface area contributed by atoms with Gasteiger partial charge in [-0.2, -0.15) is 0 Å². The van der Waals surface area contributed by atoms with Crippen LogP contribution in [0.3, 0.4) is 0 Å². The molecule has 5 nitrogen and oxygen atoms in total. The van der Waals surface area contributed by atoms with Crippen molar-refractivity contribution in [3.8, 4) is 0 Å². The summed E-state index contributed by atoms with van der Waals surface area (Å²) in [5.41, 5.74) is 0. The molecule has 3 N–H and O–H groups in total. The van der Waals surface area contributed by atoms with Crippen molar-refractivity contribution in [2.75, 3.05) is 18.5 Å². The number of aliphatic hydroxyl groups is 1. The molecule has 0 aliphatic carbocycles. The highest BCUT2D eigenvalue weighted by molar-refractivity contribution is 5.87. The zero-order valence-corrected chi connectivity index (χ0v) is 6.41. The van der Waals surface area contributed by atoms with Gasteiger partial charge < -0.3 is 14.8 Å². The van der Waals surface area contributed by atoms with Crippen LogP contribution in [0, 0.1) is 0 Å². The molecular weight excluding hydrogens is 160 g/mol. The van der Waals surface area contributed by atoms with Gasteiger partial charge in [0.2, 0.25) is 5.88 Å². The molecule has 2 amide bonds. The maximum atomic E-state index is 10.9. The molecule has 0 radical (unpaired) electrons. The molecule has 0 atom stereocenters. The van der Waals surface area contributed by atoms with E-state index in [1.807, 2.05) is 0 Å². The third kappa shape index (κ3) is 2.63. The Hall–Kier alpha value is -1.49. The molecule has 0 aromatic carbocycles. The molecule has 0 saturated carbocycles. The van der Waals surface area contributed by atoms with E-state index in [0.717, 1.165) is 0 Å². The van der Waals surface area contributed by atoms with Crippen LogP contribution in [-0.4, -0.2) is 24.3 Å². The minimum absolute atomic E-state index is 0.0778. The largest absolute Gasteiger partial charge is 0.449 e. The second kappa shape index (κ2) is 4.40. The van der Waals surface area contributed by atoms with Crippen molar-refractivity contribution in [3.05, 3.63) is 18.4 Å². The van der Waals surface area contributed by atoms with E-state index in [9.17, 15) is 4.79 Å². The fraction of sp³-hybridized carbons (Fsp3) is 0.286. The maximum Gasteiger partial charge on any atom is 0.321 e. The number of anilines is 1. The summed E-state index contributed by atoms with van der Waals surface area (Å²) in [4.78, 5) is 10.9. The Kier molecular flexibility index (Phi) is 3.16. The van der Waals surface area contributed by atoms with Gasteiger partial charge in [-0.15, -0.1) is 0 Å². The molecule has 0 fully saturated rings. The van der Waals surface area contributed by atoms with Crippen LogP contribution in [0.2, 0.25) is 0 Å². The molecule has 12 heavy (non-hydrogen) atoms. The van der Waals surface area contributed by atoms with Gasteiger partial charge in [0.1, 0.15) is 0 Å². The van der Waals surface area contributed by atoms with Crippen molar-refractivity contribution in [2.24, 2.45) is 0 Å². The Morgan fingerprint density at radius 1 is 1.67 bits per heavy atom. The Morgan fingerprint density at radius 3 is 3.08 bits per heavy atom. The second-order valence-corrected chi connectivity index (χ2v) is 2.08. The SMILES string of the molecule is O=C(NCCO)Nc1ccco1. The van der Waals surface area contributed by atoms with Gasteiger partial charge in [-0.25, -0.2) is 4.79 Å². The highest BCUT2D eigenvalue weighted by atomic mass is 16.3. The lowest BCUT2D eigenvalue weighted by Crippen LogP contribution is -2.30. The summed E-state index contributed by atoms with van der Waals surface area (Å²) in [5.74, 6) is 0.380. The molecule has 0 unspecified atom stereocenters. The van der Waals surface area contributed by atoms with Crippen LogP contribution in [0.4, 0.5) is 10.7 Å². The number of carbonyl (C=O) groups excluding carboxylic acids is 1. The number of hydrogen-bond acceptors (Lipinski definition) is 3. The summed E-state index contributed by atoms with van der Waals surface area (Å²) in [7, 11) is 0. The van der Waals surface area contributed by atoms with Gasteiger partial charge >= 0.3 is 6.03 Å². The third-order valence-corrected chi connectivity index (χ3v) is 1.16. The molecular formula is C7H10N2O3. The summed E-state index contributed by atoms with van der Waals surface area (Å²) >= 11 is 0. The first kappa shape index (κ1) is 8.61. The van der Waals surface area contributed by atoms with Gasteiger partial charge in [-0.3, -0.25) is 5.32 Å². The van der Waals surface area contributed by atoms with Crippen molar-refractivity contribution in [1.82, 2.24) is 5.32 Å². The van der Waals surface area contributed by atoms with E-state index in [2.05, 4.69) is 10.6 Å². The topological polar surface area (TPSA) is 74.5 Å². The third-order valence-electron chi connectivity index (χ3n) is 1.16. The predicted octanol–water partition coefficient (Wildman–Crippen LogP) is 0.393. The van der Waals surface area contributed by atoms with Crippen LogP contribution >= 0.6 is 0 Å². The van der Waals surface area contributed by atoms with Gasteiger partial charge in [-0.1, -0.05) is 0 Å². The standard InChI is InChI=1S/C7H10N2O3/c10-4-3-8-7(11)9-6-2-1-5-12-6/h1-2,5,10H,3-4H2,(H2,8,9,11). The van der Waals surface area contributed by atoms with Crippen LogP contribution < -0.4 is 10.6 Å². The molecule has 66 valence electrons. The summed E-state index contributed by atoms with van der Waals surface area (Å²) in [6.07, 6.45) is 1.46. The predicted molar refractivity (Wildman–Crippen MR) is 42.8 cm³/mol. The number of aliphatic hydroxyl groups excluding tert-OH is 1. The summed E-state index contributed by atoms with van der Waals surface area (Å²) in [6.45, 7) is 0.151. The minimum Gasteiger partial charge on any atom is -0.449 e. The van der Waals surface area contributed by atoms with Crippen molar-refractivity contribution >= 4 is 11.9 Å². The molecule has 0 spiro atoms. The Labute approximate surface area is 69.4 Å². The number of furan rings is 1. The van der Waals surface area contributed by atoms with Gasteiger partial charge in [0.15, 0.2) is 0 Å². The van der Waals surface area contributed by atoms with E-state index in [0.29, 0.717) is 5.88 Å². The molecule has 0 saturated heterocycles. The van der Waals surface area contributed by atoms with Gasteiger partial charge in [0.05, 0.1) is 12.9 Å². The zero-order valence-electron chi connectivity index (χ0n) is 6.41. The average molecular weight is 170 g/mol. The quantitative estimate of drug-likeness (QED) is 0.614. The summed E-state index contributed by atoms with van der Waals surface area (Å²) in [5, 5.41) is 13.2. The fourth-order valence-electron chi connectivity index (χ4n) is 0.675. The van der Waals surface area contributed by atoms with Crippen molar-refractivity contribution < 1.29 is 14.3 Å². The second-order valence-electron chi connectivity index (χ2n) is 2.08. The summed E-state index contributed by atoms with van der Waals surface area (Å²) in [6, 6.07) is 2.90. The smallest absolute Gasteiger partial charge is 0.321 e. The first-order valence-corrected chi connectivity index (χ1v) is 3.52. The van der Waals surface area contributed by atoms with E-state index in [-0.39, 0.29) is 19.2 Å². The van der Waals surface area contributed by atoms with E-state index in [1.165, 1.54) is 6.26 Å². The average Bonchev–Trinajstić information content (AvgIpc) is 2.53. The molecule has 1 heterocycles. The summed E-state index contributed by atoms with van der Waals surface area (Å²) < 4.78 is 4.85. The van der Waals surface area contributed by atoms with Crippen molar-refractivity contribution in [1.29, 1.82) is 0 Å². The van der Waals surface area contributed by atoms with Crippen LogP contribution in [0.15, 0.2) is 22.8 Å². The van der Waals surface area contributed by atoms with Crippen LogP contribution in [0.25, 0.3) is 0 Å². The number of nitrogens with one attached hydrogen (secondary N) is 2. The van der Waals surface area contributed by atoms with Crippen molar-refractivity contribution in [2.45, 2.75) is 0 Å². The number of amides is 2. The van der Waals surface area contributed by atoms with E-state index in [4.69, 9.17) is 9.52 Å². The van der Waals surface area contributed by atoms with E-state index < -0.39 is 0 Å².